The molecule has 2 atom stereocenters. The molecule has 2 rings (SSSR count). The molecule has 2 N–H and O–H groups in total. The third-order valence-electron chi connectivity index (χ3n) is 4.49. The Hall–Kier alpha value is -0.630. The summed E-state index contributed by atoms with van der Waals surface area (Å²) in [6.07, 6.45) is 6.80. The van der Waals surface area contributed by atoms with Gasteiger partial charge in [0, 0.05) is 19.7 Å². The highest BCUT2D eigenvalue weighted by molar-refractivity contribution is 5.12. The third kappa shape index (κ3) is 3.23. The lowest BCUT2D eigenvalue weighted by Gasteiger charge is -2.28. The van der Waals surface area contributed by atoms with E-state index in [1.54, 1.807) is 7.11 Å². The molecule has 2 aliphatic rings. The van der Waals surface area contributed by atoms with Crippen LogP contribution in [-0.2, 0) is 4.74 Å². The van der Waals surface area contributed by atoms with E-state index in [-0.39, 0.29) is 0 Å². The molecule has 4 heteroatoms. The lowest BCUT2D eigenvalue weighted by molar-refractivity contribution is 0.137. The molecule has 18 heavy (non-hydrogen) atoms. The van der Waals surface area contributed by atoms with E-state index in [0.29, 0.717) is 5.92 Å². The fraction of sp³-hybridized carbons (Fsp3) is 0.929. The number of nitriles is 1. The largest absolute Gasteiger partial charge is 0.383 e. The van der Waals surface area contributed by atoms with Gasteiger partial charge in [0.15, 0.2) is 0 Å². The van der Waals surface area contributed by atoms with E-state index in [1.807, 2.05) is 0 Å². The van der Waals surface area contributed by atoms with Gasteiger partial charge < -0.3 is 10.5 Å². The predicted octanol–water partition coefficient (Wildman–Crippen LogP) is 1.51. The Kier molecular flexibility index (Phi) is 4.60. The minimum Gasteiger partial charge on any atom is -0.383 e. The summed E-state index contributed by atoms with van der Waals surface area (Å²) in [5, 5.41) is 9.22. The van der Waals surface area contributed by atoms with Gasteiger partial charge >= 0.3 is 0 Å². The smallest absolute Gasteiger partial charge is 0.107 e. The molecule has 0 aliphatic heterocycles. The van der Waals surface area contributed by atoms with E-state index in [0.717, 1.165) is 51.4 Å². The quantitative estimate of drug-likeness (QED) is 0.745. The van der Waals surface area contributed by atoms with Crippen molar-refractivity contribution in [2.24, 2.45) is 11.7 Å². The van der Waals surface area contributed by atoms with Gasteiger partial charge in [0.2, 0.25) is 0 Å². The Bertz CT molecular complexity index is 311. The molecule has 0 heterocycles. The van der Waals surface area contributed by atoms with Crippen LogP contribution in [0.1, 0.15) is 38.5 Å². The molecule has 0 bridgehead atoms. The van der Waals surface area contributed by atoms with Crippen LogP contribution in [0.15, 0.2) is 0 Å². The number of methoxy groups -OCH3 is 1. The van der Waals surface area contributed by atoms with Crippen LogP contribution in [0, 0.1) is 17.2 Å². The van der Waals surface area contributed by atoms with Crippen LogP contribution in [0.2, 0.25) is 0 Å². The SMILES string of the molecule is COCCN(CCC1CCCC1(N)C#N)C1CC1. The second-order valence-electron chi connectivity index (χ2n) is 5.79. The molecule has 0 aromatic rings. The van der Waals surface area contributed by atoms with Crippen molar-refractivity contribution in [1.82, 2.24) is 4.90 Å². The second-order valence-corrected chi connectivity index (χ2v) is 5.79. The fourth-order valence-corrected chi connectivity index (χ4v) is 3.10. The van der Waals surface area contributed by atoms with Gasteiger partial charge in [-0.25, -0.2) is 0 Å². The number of nitrogens with two attached hydrogens (primary N) is 1. The van der Waals surface area contributed by atoms with E-state index in [9.17, 15) is 5.26 Å². The molecule has 2 fully saturated rings. The van der Waals surface area contributed by atoms with Gasteiger partial charge in [-0.15, -0.1) is 0 Å². The van der Waals surface area contributed by atoms with Gasteiger partial charge in [-0.2, -0.15) is 5.26 Å². The first kappa shape index (κ1) is 13.8. The Labute approximate surface area is 110 Å². The molecule has 2 aliphatic carbocycles. The number of rotatable bonds is 7. The maximum absolute atomic E-state index is 9.22. The summed E-state index contributed by atoms with van der Waals surface area (Å²) >= 11 is 0. The van der Waals surface area contributed by atoms with Gasteiger partial charge in [-0.1, -0.05) is 6.42 Å². The number of hydrogen-bond acceptors (Lipinski definition) is 4. The van der Waals surface area contributed by atoms with Gasteiger partial charge in [-0.05, 0) is 44.6 Å². The van der Waals surface area contributed by atoms with Crippen molar-refractivity contribution >= 4 is 0 Å². The minimum absolute atomic E-state index is 0.381. The van der Waals surface area contributed by atoms with Gasteiger partial charge in [0.05, 0.1) is 12.7 Å². The Balaban J connectivity index is 1.80. The van der Waals surface area contributed by atoms with E-state index in [1.165, 1.54) is 12.8 Å². The topological polar surface area (TPSA) is 62.3 Å². The molecule has 102 valence electrons. The van der Waals surface area contributed by atoms with Crippen molar-refractivity contribution in [2.75, 3.05) is 26.8 Å². The van der Waals surface area contributed by atoms with Gasteiger partial charge in [0.25, 0.3) is 0 Å². The highest BCUT2D eigenvalue weighted by Crippen LogP contribution is 2.36. The molecular weight excluding hydrogens is 226 g/mol. The maximum atomic E-state index is 9.22. The van der Waals surface area contributed by atoms with E-state index >= 15 is 0 Å². The Morgan fingerprint density at radius 2 is 2.17 bits per heavy atom. The zero-order valence-corrected chi connectivity index (χ0v) is 11.4. The van der Waals surface area contributed by atoms with Crippen LogP contribution < -0.4 is 5.73 Å². The molecular formula is C14H25N3O. The molecule has 2 saturated carbocycles. The first-order valence-corrected chi connectivity index (χ1v) is 7.13. The molecule has 0 aromatic heterocycles. The lowest BCUT2D eigenvalue weighted by atomic mass is 9.87. The number of ether oxygens (including phenoxy) is 1. The van der Waals surface area contributed by atoms with Crippen molar-refractivity contribution < 1.29 is 4.74 Å². The summed E-state index contributed by atoms with van der Waals surface area (Å²) in [6.45, 7) is 2.88. The monoisotopic (exact) mass is 251 g/mol. The highest BCUT2D eigenvalue weighted by Gasteiger charge is 2.40. The van der Waals surface area contributed by atoms with Crippen LogP contribution in [0.4, 0.5) is 0 Å². The van der Waals surface area contributed by atoms with Crippen molar-refractivity contribution in [2.45, 2.75) is 50.1 Å². The van der Waals surface area contributed by atoms with Crippen molar-refractivity contribution in [3.8, 4) is 6.07 Å². The van der Waals surface area contributed by atoms with Crippen LogP contribution in [0.25, 0.3) is 0 Å². The second kappa shape index (κ2) is 6.01. The average molecular weight is 251 g/mol. The average Bonchev–Trinajstić information content (AvgIpc) is 3.15. The predicted molar refractivity (Wildman–Crippen MR) is 71.0 cm³/mol. The summed E-state index contributed by atoms with van der Waals surface area (Å²) in [5.74, 6) is 0.381. The summed E-state index contributed by atoms with van der Waals surface area (Å²) < 4.78 is 5.17. The minimum atomic E-state index is -0.559. The summed E-state index contributed by atoms with van der Waals surface area (Å²) in [5.41, 5.74) is 5.62. The highest BCUT2D eigenvalue weighted by atomic mass is 16.5. The standard InChI is InChI=1S/C14H25N3O/c1-18-10-9-17(13-4-5-13)8-6-12-3-2-7-14(12,16)11-15/h12-13H,2-10,16H2,1H3. The van der Waals surface area contributed by atoms with Crippen molar-refractivity contribution in [3.05, 3.63) is 0 Å². The first-order valence-electron chi connectivity index (χ1n) is 7.13. The van der Waals surface area contributed by atoms with Crippen LogP contribution in [-0.4, -0.2) is 43.3 Å². The molecule has 0 spiro atoms. The van der Waals surface area contributed by atoms with Crippen LogP contribution >= 0.6 is 0 Å². The number of hydrogen-bond donors (Lipinski definition) is 1. The Morgan fingerprint density at radius 1 is 1.39 bits per heavy atom. The molecule has 0 amide bonds. The van der Waals surface area contributed by atoms with Crippen molar-refractivity contribution in [3.63, 3.8) is 0 Å². The first-order chi connectivity index (χ1) is 8.69. The van der Waals surface area contributed by atoms with E-state index in [4.69, 9.17) is 10.5 Å². The molecule has 4 nitrogen and oxygen atoms in total. The summed E-state index contributed by atoms with van der Waals surface area (Å²) in [4.78, 5) is 2.51. The zero-order valence-electron chi connectivity index (χ0n) is 11.4. The fourth-order valence-electron chi connectivity index (χ4n) is 3.10. The summed E-state index contributed by atoms with van der Waals surface area (Å²) in [7, 11) is 1.75. The molecule has 0 aromatic carbocycles. The van der Waals surface area contributed by atoms with Crippen LogP contribution in [0.5, 0.6) is 0 Å². The normalized spacial score (nSPS) is 31.8. The third-order valence-corrected chi connectivity index (χ3v) is 4.49. The van der Waals surface area contributed by atoms with Gasteiger partial charge in [-0.3, -0.25) is 4.90 Å². The van der Waals surface area contributed by atoms with Crippen molar-refractivity contribution in [1.29, 1.82) is 5.26 Å². The maximum Gasteiger partial charge on any atom is 0.107 e. The van der Waals surface area contributed by atoms with Crippen LogP contribution in [0.3, 0.4) is 0 Å². The molecule has 0 radical (unpaired) electrons. The lowest BCUT2D eigenvalue weighted by Crippen LogP contribution is -2.43. The van der Waals surface area contributed by atoms with Gasteiger partial charge in [0.1, 0.15) is 5.54 Å². The molecule has 0 saturated heterocycles. The number of nitrogens with zero attached hydrogens (tertiary/aromatic N) is 2. The van der Waals surface area contributed by atoms with E-state index in [2.05, 4.69) is 11.0 Å². The summed E-state index contributed by atoms with van der Waals surface area (Å²) in [6, 6.07) is 3.10. The van der Waals surface area contributed by atoms with E-state index < -0.39 is 5.54 Å². The Morgan fingerprint density at radius 3 is 2.78 bits per heavy atom. The molecule has 2 unspecified atom stereocenters. The zero-order chi connectivity index (χ0) is 13.0.